The number of aromatic nitrogens is 2. The van der Waals surface area contributed by atoms with Crippen molar-refractivity contribution in [2.45, 2.75) is 31.0 Å². The minimum absolute atomic E-state index is 0.0102. The van der Waals surface area contributed by atoms with Crippen molar-refractivity contribution < 1.29 is 61.4 Å². The number of aromatic amines is 1. The van der Waals surface area contributed by atoms with Crippen LogP contribution in [-0.4, -0.2) is 64.3 Å². The van der Waals surface area contributed by atoms with Crippen LogP contribution in [0, 0.1) is 0 Å². The maximum absolute atomic E-state index is 12.4. The van der Waals surface area contributed by atoms with Crippen molar-refractivity contribution in [1.82, 2.24) is 9.55 Å². The average Bonchev–Trinajstić information content (AvgIpc) is 3.01. The molecule has 37 heavy (non-hydrogen) atoms. The number of anilines is 1. The fraction of sp³-hybridized carbons (Fsp3) is 0.375. The second kappa shape index (κ2) is 11.0. The Balaban J connectivity index is 1.74. The number of nitrogens with one attached hydrogen (secondary N) is 1. The van der Waals surface area contributed by atoms with Crippen LogP contribution in [0.3, 0.4) is 0 Å². The molecule has 1 aliphatic rings. The molecule has 3 rings (SSSR count). The summed E-state index contributed by atoms with van der Waals surface area (Å²) in [7, 11) is -16.9. The average molecular weight is 589 g/mol. The van der Waals surface area contributed by atoms with Crippen LogP contribution in [-0.2, 0) is 38.1 Å². The predicted molar refractivity (Wildman–Crippen MR) is 121 cm³/mol. The minimum Gasteiger partial charge on any atom is -0.399 e. The number of ether oxygens (including phenoxy) is 1. The summed E-state index contributed by atoms with van der Waals surface area (Å²) in [6.07, 6.45) is -5.69. The first-order valence-corrected chi connectivity index (χ1v) is 14.5. The Kier molecular flexibility index (Phi) is 8.78. The maximum Gasteiger partial charge on any atom is 0.490 e. The molecule has 0 amide bonds. The smallest absolute Gasteiger partial charge is 0.399 e. The van der Waals surface area contributed by atoms with E-state index < -0.39 is 65.7 Å². The minimum atomic E-state index is -5.77. The van der Waals surface area contributed by atoms with Gasteiger partial charge in [-0.15, -0.1) is 0 Å². The van der Waals surface area contributed by atoms with E-state index in [9.17, 15) is 43.3 Å². The van der Waals surface area contributed by atoms with Gasteiger partial charge in [-0.3, -0.25) is 18.9 Å². The molecule has 0 saturated carbocycles. The number of phosphoric ester groups is 1. The number of benzene rings is 1. The SMILES string of the molecule is Nc1ccc(Cn2cc([C@@H]3O[C@H](COP(=O)(O)OP(=O)(O)OP(=O)(O)O)[C@@H](O)[C@H]3O)c(=O)[nH]c2=O)cc1. The van der Waals surface area contributed by atoms with E-state index in [-0.39, 0.29) is 12.1 Å². The molecule has 2 heterocycles. The van der Waals surface area contributed by atoms with Gasteiger partial charge < -0.3 is 40.3 Å². The van der Waals surface area contributed by atoms with Crippen LogP contribution in [0.15, 0.2) is 40.1 Å². The number of nitrogen functional groups attached to an aromatic ring is 1. The van der Waals surface area contributed by atoms with E-state index in [4.69, 9.17) is 20.3 Å². The standard InChI is InChI=1S/C16H22N3O15P3/c17-9-3-1-8(2-4-9)5-19-6-10(15(22)18-16(19)23)14-13(21)12(20)11(32-14)7-31-36(27,28)34-37(29,30)33-35(24,25)26/h1-4,6,11-14,20-21H,5,7,17H2,(H,27,28)(H,29,30)(H,18,22,23)(H2,24,25,26)/t11-,12-,13-,14+/m1/s1. The van der Waals surface area contributed by atoms with E-state index in [0.717, 1.165) is 10.8 Å². The first kappa shape index (κ1) is 29.5. The van der Waals surface area contributed by atoms with Crippen molar-refractivity contribution in [3.8, 4) is 0 Å². The zero-order valence-electron chi connectivity index (χ0n) is 18.3. The Labute approximate surface area is 206 Å². The molecule has 2 aromatic rings. The Bertz CT molecular complexity index is 1390. The van der Waals surface area contributed by atoms with Crippen LogP contribution in [0.2, 0.25) is 0 Å². The lowest BCUT2D eigenvalue weighted by Crippen LogP contribution is -2.36. The van der Waals surface area contributed by atoms with E-state index in [1.807, 2.05) is 4.98 Å². The molecule has 6 atom stereocenters. The molecule has 0 aliphatic carbocycles. The highest BCUT2D eigenvalue weighted by Gasteiger charge is 2.47. The molecule has 9 N–H and O–H groups in total. The molecule has 0 bridgehead atoms. The lowest BCUT2D eigenvalue weighted by atomic mass is 10.0. The van der Waals surface area contributed by atoms with Gasteiger partial charge in [-0.2, -0.15) is 8.62 Å². The van der Waals surface area contributed by atoms with Gasteiger partial charge >= 0.3 is 29.2 Å². The zero-order valence-corrected chi connectivity index (χ0v) is 21.0. The summed E-state index contributed by atoms with van der Waals surface area (Å²) in [6.45, 7) is -1.08. The van der Waals surface area contributed by atoms with E-state index in [0.29, 0.717) is 11.3 Å². The highest BCUT2D eigenvalue weighted by molar-refractivity contribution is 7.66. The van der Waals surface area contributed by atoms with E-state index in [1.165, 1.54) is 0 Å². The molecule has 206 valence electrons. The van der Waals surface area contributed by atoms with Crippen molar-refractivity contribution in [2.75, 3.05) is 12.3 Å². The summed E-state index contributed by atoms with van der Waals surface area (Å²) in [6, 6.07) is 6.46. The topological polar surface area (TPSA) is 290 Å². The Morgan fingerprint density at radius 2 is 1.59 bits per heavy atom. The number of H-pyrrole nitrogens is 1. The quantitative estimate of drug-likeness (QED) is 0.118. The lowest BCUT2D eigenvalue weighted by molar-refractivity contribution is -0.0228. The number of nitrogens with zero attached hydrogens (tertiary/aromatic N) is 1. The fourth-order valence-electron chi connectivity index (χ4n) is 3.28. The molecule has 1 aromatic heterocycles. The van der Waals surface area contributed by atoms with E-state index in [1.54, 1.807) is 24.3 Å². The third kappa shape index (κ3) is 7.99. The molecule has 18 nitrogen and oxygen atoms in total. The third-order valence-electron chi connectivity index (χ3n) is 4.86. The molecule has 1 saturated heterocycles. The number of hydrogen-bond donors (Lipinski definition) is 8. The maximum atomic E-state index is 12.4. The second-order valence-electron chi connectivity index (χ2n) is 7.68. The van der Waals surface area contributed by atoms with E-state index >= 15 is 0 Å². The van der Waals surface area contributed by atoms with Crippen LogP contribution in [0.4, 0.5) is 5.69 Å². The van der Waals surface area contributed by atoms with Crippen molar-refractivity contribution >= 4 is 29.2 Å². The van der Waals surface area contributed by atoms with Gasteiger partial charge in [-0.1, -0.05) is 12.1 Å². The van der Waals surface area contributed by atoms with Gasteiger partial charge in [0.1, 0.15) is 24.4 Å². The van der Waals surface area contributed by atoms with Crippen molar-refractivity contribution in [3.63, 3.8) is 0 Å². The Hall–Kier alpha value is -2.01. The van der Waals surface area contributed by atoms with Gasteiger partial charge in [0.25, 0.3) is 5.56 Å². The van der Waals surface area contributed by atoms with Gasteiger partial charge in [0, 0.05) is 11.9 Å². The van der Waals surface area contributed by atoms with Crippen LogP contribution >= 0.6 is 23.5 Å². The summed E-state index contributed by atoms with van der Waals surface area (Å²) in [5, 5.41) is 20.6. The van der Waals surface area contributed by atoms with Crippen molar-refractivity contribution in [2.24, 2.45) is 0 Å². The molecule has 21 heteroatoms. The molecule has 1 fully saturated rings. The number of aliphatic hydroxyl groups is 2. The summed E-state index contributed by atoms with van der Waals surface area (Å²) in [5.41, 5.74) is 4.71. The van der Waals surface area contributed by atoms with Gasteiger partial charge in [0.2, 0.25) is 0 Å². The summed E-state index contributed by atoms with van der Waals surface area (Å²) < 4.78 is 52.0. The van der Waals surface area contributed by atoms with Gasteiger partial charge in [0.15, 0.2) is 0 Å². The highest BCUT2D eigenvalue weighted by Crippen LogP contribution is 2.66. The van der Waals surface area contributed by atoms with E-state index in [2.05, 4.69) is 13.1 Å². The molecule has 0 spiro atoms. The van der Waals surface area contributed by atoms with Crippen LogP contribution < -0.4 is 17.0 Å². The monoisotopic (exact) mass is 589 g/mol. The molecule has 0 radical (unpaired) electrons. The fourth-order valence-corrected chi connectivity index (χ4v) is 6.31. The summed E-state index contributed by atoms with van der Waals surface area (Å²) >= 11 is 0. The van der Waals surface area contributed by atoms with Gasteiger partial charge in [0.05, 0.1) is 18.7 Å². The van der Waals surface area contributed by atoms with Crippen LogP contribution in [0.5, 0.6) is 0 Å². The second-order valence-corrected chi connectivity index (χ2v) is 12.1. The number of rotatable bonds is 10. The van der Waals surface area contributed by atoms with Crippen molar-refractivity contribution in [3.05, 3.63) is 62.4 Å². The summed E-state index contributed by atoms with van der Waals surface area (Å²) in [5.74, 6) is 0. The Morgan fingerprint density at radius 1 is 0.973 bits per heavy atom. The highest BCUT2D eigenvalue weighted by atomic mass is 31.3. The summed E-state index contributed by atoms with van der Waals surface area (Å²) in [4.78, 5) is 62.5. The normalized spacial score (nSPS) is 25.5. The van der Waals surface area contributed by atoms with Crippen LogP contribution in [0.25, 0.3) is 0 Å². The lowest BCUT2D eigenvalue weighted by Gasteiger charge is -2.19. The third-order valence-corrected chi connectivity index (χ3v) is 8.66. The Morgan fingerprint density at radius 3 is 2.19 bits per heavy atom. The predicted octanol–water partition coefficient (Wildman–Crippen LogP) is -1.33. The first-order chi connectivity index (χ1) is 17.0. The number of phosphoric acid groups is 3. The zero-order chi connectivity index (χ0) is 27.8. The number of aliphatic hydroxyl groups excluding tert-OH is 2. The van der Waals surface area contributed by atoms with Crippen molar-refractivity contribution in [1.29, 1.82) is 0 Å². The first-order valence-electron chi connectivity index (χ1n) is 9.94. The molecule has 2 unspecified atom stereocenters. The molecule has 1 aromatic carbocycles. The molecular weight excluding hydrogens is 567 g/mol. The largest absolute Gasteiger partial charge is 0.490 e. The molecule has 1 aliphatic heterocycles. The number of hydrogen-bond acceptors (Lipinski definition) is 12. The van der Waals surface area contributed by atoms with Gasteiger partial charge in [-0.25, -0.2) is 18.5 Å². The molecular formula is C16H22N3O15P3. The van der Waals surface area contributed by atoms with Gasteiger partial charge in [-0.05, 0) is 17.7 Å². The van der Waals surface area contributed by atoms with Crippen LogP contribution in [0.1, 0.15) is 17.2 Å². The number of nitrogens with two attached hydrogens (primary N) is 1.